The lowest BCUT2D eigenvalue weighted by molar-refractivity contribution is 0.0297. The Kier molecular flexibility index (Phi) is 3.56. The molecule has 1 heterocycles. The SMILES string of the molecule is CC(C)(C)N(Cc1nccs1)C(C)(C)C. The van der Waals surface area contributed by atoms with E-state index < -0.39 is 0 Å². The second-order valence-corrected chi connectivity index (χ2v) is 6.83. The molecule has 1 aromatic rings. The van der Waals surface area contributed by atoms with E-state index in [-0.39, 0.29) is 11.1 Å². The molecule has 0 spiro atoms. The zero-order valence-electron chi connectivity index (χ0n) is 10.7. The topological polar surface area (TPSA) is 16.1 Å². The highest BCUT2D eigenvalue weighted by atomic mass is 32.1. The van der Waals surface area contributed by atoms with Crippen LogP contribution >= 0.6 is 11.3 Å². The Morgan fingerprint density at radius 3 is 2.00 bits per heavy atom. The van der Waals surface area contributed by atoms with E-state index in [0.29, 0.717) is 0 Å². The van der Waals surface area contributed by atoms with Crippen molar-refractivity contribution >= 4 is 11.3 Å². The van der Waals surface area contributed by atoms with Crippen LogP contribution in [-0.4, -0.2) is 21.0 Å². The monoisotopic (exact) mass is 226 g/mol. The molecule has 0 fully saturated rings. The quantitative estimate of drug-likeness (QED) is 0.767. The van der Waals surface area contributed by atoms with Crippen molar-refractivity contribution in [3.05, 3.63) is 16.6 Å². The van der Waals surface area contributed by atoms with E-state index in [0.717, 1.165) is 6.54 Å². The molecule has 0 aliphatic rings. The smallest absolute Gasteiger partial charge is 0.107 e. The van der Waals surface area contributed by atoms with E-state index in [9.17, 15) is 0 Å². The molecular formula is C12H22N2S. The standard InChI is InChI=1S/C12H22N2S/c1-11(2,3)14(12(4,5)6)9-10-13-7-8-15-10/h7-8H,9H2,1-6H3. The lowest BCUT2D eigenvalue weighted by Crippen LogP contribution is -2.51. The Balaban J connectivity index is 2.84. The van der Waals surface area contributed by atoms with Crippen LogP contribution in [0.25, 0.3) is 0 Å². The predicted octanol–water partition coefficient (Wildman–Crippen LogP) is 3.54. The summed E-state index contributed by atoms with van der Waals surface area (Å²) in [5.41, 5.74) is 0.341. The summed E-state index contributed by atoms with van der Waals surface area (Å²) < 4.78 is 0. The van der Waals surface area contributed by atoms with Crippen molar-refractivity contribution in [2.75, 3.05) is 0 Å². The largest absolute Gasteiger partial charge is 0.287 e. The molecule has 3 heteroatoms. The van der Waals surface area contributed by atoms with Crippen LogP contribution in [-0.2, 0) is 6.54 Å². The van der Waals surface area contributed by atoms with Gasteiger partial charge in [-0.25, -0.2) is 4.98 Å². The van der Waals surface area contributed by atoms with Crippen LogP contribution in [0.15, 0.2) is 11.6 Å². The molecule has 0 aliphatic carbocycles. The molecule has 15 heavy (non-hydrogen) atoms. The molecule has 2 nitrogen and oxygen atoms in total. The van der Waals surface area contributed by atoms with Crippen molar-refractivity contribution in [2.24, 2.45) is 0 Å². The van der Waals surface area contributed by atoms with Crippen LogP contribution in [0, 0.1) is 0 Å². The van der Waals surface area contributed by atoms with E-state index in [2.05, 4.69) is 51.4 Å². The maximum atomic E-state index is 4.36. The van der Waals surface area contributed by atoms with Crippen molar-refractivity contribution in [1.82, 2.24) is 9.88 Å². The van der Waals surface area contributed by atoms with Crippen LogP contribution in [0.1, 0.15) is 46.6 Å². The van der Waals surface area contributed by atoms with Gasteiger partial charge in [-0.3, -0.25) is 4.90 Å². The van der Waals surface area contributed by atoms with E-state index >= 15 is 0 Å². The first-order valence-corrected chi connectivity index (χ1v) is 6.25. The molecule has 1 aromatic heterocycles. The van der Waals surface area contributed by atoms with Gasteiger partial charge in [-0.1, -0.05) is 0 Å². The van der Waals surface area contributed by atoms with E-state index in [1.807, 2.05) is 11.6 Å². The number of rotatable bonds is 2. The van der Waals surface area contributed by atoms with Crippen LogP contribution < -0.4 is 0 Å². The van der Waals surface area contributed by atoms with Crippen molar-refractivity contribution in [2.45, 2.75) is 59.2 Å². The summed E-state index contributed by atoms with van der Waals surface area (Å²) in [4.78, 5) is 6.84. The van der Waals surface area contributed by atoms with Gasteiger partial charge in [0, 0.05) is 22.7 Å². The number of hydrogen-bond acceptors (Lipinski definition) is 3. The third-order valence-corrected chi connectivity index (χ3v) is 3.16. The first-order valence-electron chi connectivity index (χ1n) is 5.37. The van der Waals surface area contributed by atoms with E-state index in [4.69, 9.17) is 0 Å². The van der Waals surface area contributed by atoms with Crippen LogP contribution in [0.4, 0.5) is 0 Å². The predicted molar refractivity (Wildman–Crippen MR) is 67.2 cm³/mol. The van der Waals surface area contributed by atoms with Gasteiger partial charge in [-0.2, -0.15) is 0 Å². The Hall–Kier alpha value is -0.410. The lowest BCUT2D eigenvalue weighted by atomic mass is 9.96. The van der Waals surface area contributed by atoms with Gasteiger partial charge < -0.3 is 0 Å². The molecule has 0 bridgehead atoms. The molecule has 1 rings (SSSR count). The highest BCUT2D eigenvalue weighted by Crippen LogP contribution is 2.27. The van der Waals surface area contributed by atoms with Crippen molar-refractivity contribution in [3.63, 3.8) is 0 Å². The highest BCUT2D eigenvalue weighted by Gasteiger charge is 2.31. The summed E-state index contributed by atoms with van der Waals surface area (Å²) >= 11 is 1.73. The molecule has 0 atom stereocenters. The third kappa shape index (κ3) is 3.58. The fraction of sp³-hybridized carbons (Fsp3) is 0.750. The molecule has 0 radical (unpaired) electrons. The van der Waals surface area contributed by atoms with Crippen LogP contribution in [0.3, 0.4) is 0 Å². The zero-order chi connectivity index (χ0) is 11.7. The van der Waals surface area contributed by atoms with Crippen LogP contribution in [0.2, 0.25) is 0 Å². The van der Waals surface area contributed by atoms with Gasteiger partial charge in [0.1, 0.15) is 5.01 Å². The molecule has 0 N–H and O–H groups in total. The molecule has 0 unspecified atom stereocenters. The second-order valence-electron chi connectivity index (χ2n) is 5.85. The number of aromatic nitrogens is 1. The molecule has 0 amide bonds. The number of thiazole rings is 1. The summed E-state index contributed by atoms with van der Waals surface area (Å²) in [6, 6.07) is 0. The Morgan fingerprint density at radius 2 is 1.67 bits per heavy atom. The number of nitrogens with zero attached hydrogens (tertiary/aromatic N) is 2. The minimum absolute atomic E-state index is 0.171. The van der Waals surface area contributed by atoms with Gasteiger partial charge >= 0.3 is 0 Å². The summed E-state index contributed by atoms with van der Waals surface area (Å²) in [6.07, 6.45) is 1.88. The van der Waals surface area contributed by atoms with Crippen molar-refractivity contribution in [3.8, 4) is 0 Å². The first-order chi connectivity index (χ1) is 6.71. The molecule has 86 valence electrons. The van der Waals surface area contributed by atoms with Crippen molar-refractivity contribution in [1.29, 1.82) is 0 Å². The minimum Gasteiger partial charge on any atom is -0.287 e. The fourth-order valence-corrected chi connectivity index (χ4v) is 2.55. The average Bonchev–Trinajstić information content (AvgIpc) is 2.46. The minimum atomic E-state index is 0.171. The first kappa shape index (κ1) is 12.7. The van der Waals surface area contributed by atoms with Crippen molar-refractivity contribution < 1.29 is 0 Å². The molecule has 0 saturated carbocycles. The normalized spacial score (nSPS) is 13.5. The summed E-state index contributed by atoms with van der Waals surface area (Å²) in [6.45, 7) is 14.5. The fourth-order valence-electron chi connectivity index (χ4n) is 1.95. The van der Waals surface area contributed by atoms with Gasteiger partial charge in [0.2, 0.25) is 0 Å². The van der Waals surface area contributed by atoms with Crippen LogP contribution in [0.5, 0.6) is 0 Å². The van der Waals surface area contributed by atoms with E-state index in [1.54, 1.807) is 11.3 Å². The highest BCUT2D eigenvalue weighted by molar-refractivity contribution is 7.09. The van der Waals surface area contributed by atoms with Gasteiger partial charge in [-0.05, 0) is 41.5 Å². The maximum absolute atomic E-state index is 4.36. The Bertz CT molecular complexity index is 276. The average molecular weight is 226 g/mol. The molecule has 0 aromatic carbocycles. The van der Waals surface area contributed by atoms with Gasteiger partial charge in [-0.15, -0.1) is 11.3 Å². The molecular weight excluding hydrogens is 204 g/mol. The third-order valence-electron chi connectivity index (χ3n) is 2.40. The maximum Gasteiger partial charge on any atom is 0.107 e. The summed E-state index contributed by atoms with van der Waals surface area (Å²) in [5.74, 6) is 0. The summed E-state index contributed by atoms with van der Waals surface area (Å²) in [5, 5.41) is 3.23. The molecule has 0 aliphatic heterocycles. The van der Waals surface area contributed by atoms with Gasteiger partial charge in [0.25, 0.3) is 0 Å². The second kappa shape index (κ2) is 4.22. The van der Waals surface area contributed by atoms with Gasteiger partial charge in [0.15, 0.2) is 0 Å². The lowest BCUT2D eigenvalue weighted by Gasteiger charge is -2.45. The Labute approximate surface area is 97.3 Å². The zero-order valence-corrected chi connectivity index (χ0v) is 11.5. The number of hydrogen-bond donors (Lipinski definition) is 0. The van der Waals surface area contributed by atoms with E-state index in [1.165, 1.54) is 5.01 Å². The van der Waals surface area contributed by atoms with Gasteiger partial charge in [0.05, 0.1) is 6.54 Å². The summed E-state index contributed by atoms with van der Waals surface area (Å²) in [7, 11) is 0. The Morgan fingerprint density at radius 1 is 1.13 bits per heavy atom. The molecule has 0 saturated heterocycles.